The lowest BCUT2D eigenvalue weighted by Gasteiger charge is -2.30. The fraction of sp³-hybridized carbons (Fsp3) is 0.450. The van der Waals surface area contributed by atoms with Crippen LogP contribution in [0.5, 0.6) is 0 Å². The molecule has 0 radical (unpaired) electrons. The van der Waals surface area contributed by atoms with Crippen LogP contribution in [-0.4, -0.2) is 38.3 Å². The first kappa shape index (κ1) is 20.0. The topological polar surface area (TPSA) is 66.5 Å². The number of piperidine rings is 1. The highest BCUT2D eigenvalue weighted by Gasteiger charge is 2.33. The molecule has 0 aliphatic carbocycles. The third-order valence-corrected chi connectivity index (χ3v) is 8.11. The number of carbonyl (C=O) groups is 1. The second-order valence-electron chi connectivity index (χ2n) is 7.02. The van der Waals surface area contributed by atoms with Gasteiger partial charge in [0, 0.05) is 19.6 Å². The number of amides is 1. The summed E-state index contributed by atoms with van der Waals surface area (Å²) in [7, 11) is -3.48. The fourth-order valence-corrected chi connectivity index (χ4v) is 6.10. The van der Waals surface area contributed by atoms with E-state index < -0.39 is 10.0 Å². The Hall–Kier alpha value is -1.70. The summed E-state index contributed by atoms with van der Waals surface area (Å²) in [4.78, 5) is 12.5. The van der Waals surface area contributed by atoms with Crippen LogP contribution in [0.15, 0.2) is 46.0 Å². The first-order valence-corrected chi connectivity index (χ1v) is 11.7. The number of hydrogen-bond acceptors (Lipinski definition) is 4. The van der Waals surface area contributed by atoms with Crippen LogP contribution in [-0.2, 0) is 21.2 Å². The Morgan fingerprint density at radius 3 is 2.89 bits per heavy atom. The van der Waals surface area contributed by atoms with Gasteiger partial charge in [0.1, 0.15) is 4.21 Å². The first-order valence-electron chi connectivity index (χ1n) is 9.34. The second-order valence-corrected chi connectivity index (χ2v) is 10.1. The van der Waals surface area contributed by atoms with Crippen molar-refractivity contribution in [1.82, 2.24) is 9.62 Å². The van der Waals surface area contributed by atoms with Gasteiger partial charge < -0.3 is 5.32 Å². The Balaban J connectivity index is 1.48. The minimum atomic E-state index is -3.48. The number of aryl methyl sites for hydroxylation is 2. The number of carbonyl (C=O) groups excluding carboxylic acids is 1. The van der Waals surface area contributed by atoms with Gasteiger partial charge in [-0.25, -0.2) is 8.42 Å². The van der Waals surface area contributed by atoms with Crippen LogP contribution < -0.4 is 5.32 Å². The maximum absolute atomic E-state index is 12.7. The van der Waals surface area contributed by atoms with Crippen molar-refractivity contribution in [2.75, 3.05) is 19.6 Å². The van der Waals surface area contributed by atoms with E-state index in [1.165, 1.54) is 26.8 Å². The van der Waals surface area contributed by atoms with Gasteiger partial charge in [-0.05, 0) is 49.6 Å². The maximum Gasteiger partial charge on any atom is 0.252 e. The highest BCUT2D eigenvalue weighted by molar-refractivity contribution is 7.91. The van der Waals surface area contributed by atoms with E-state index >= 15 is 0 Å². The van der Waals surface area contributed by atoms with E-state index in [4.69, 9.17) is 0 Å². The molecule has 146 valence electrons. The molecule has 1 atom stereocenters. The average molecular weight is 407 g/mol. The van der Waals surface area contributed by atoms with E-state index in [0.29, 0.717) is 23.7 Å². The summed E-state index contributed by atoms with van der Waals surface area (Å²) in [5, 5.41) is 4.75. The zero-order chi connectivity index (χ0) is 19.3. The highest BCUT2D eigenvalue weighted by Crippen LogP contribution is 2.26. The van der Waals surface area contributed by atoms with Crippen LogP contribution in [0, 0.1) is 12.8 Å². The smallest absolute Gasteiger partial charge is 0.252 e. The summed E-state index contributed by atoms with van der Waals surface area (Å²) >= 11 is 1.22. The van der Waals surface area contributed by atoms with E-state index in [0.717, 1.165) is 19.3 Å². The van der Waals surface area contributed by atoms with Gasteiger partial charge in [-0.1, -0.05) is 35.9 Å². The van der Waals surface area contributed by atoms with E-state index in [1.54, 1.807) is 17.5 Å². The van der Waals surface area contributed by atoms with Gasteiger partial charge in [0.05, 0.1) is 5.92 Å². The summed E-state index contributed by atoms with van der Waals surface area (Å²) < 4.78 is 27.1. The van der Waals surface area contributed by atoms with Crippen LogP contribution in [0.1, 0.15) is 30.4 Å². The van der Waals surface area contributed by atoms with Crippen LogP contribution in [0.2, 0.25) is 0 Å². The molecule has 1 N–H and O–H groups in total. The molecule has 1 saturated heterocycles. The molecule has 1 fully saturated rings. The monoisotopic (exact) mass is 406 g/mol. The van der Waals surface area contributed by atoms with Gasteiger partial charge >= 0.3 is 0 Å². The molecule has 0 saturated carbocycles. The van der Waals surface area contributed by atoms with E-state index in [2.05, 4.69) is 30.4 Å². The summed E-state index contributed by atoms with van der Waals surface area (Å²) in [5.74, 6) is -0.308. The van der Waals surface area contributed by atoms with Gasteiger partial charge in [-0.2, -0.15) is 4.31 Å². The van der Waals surface area contributed by atoms with Crippen molar-refractivity contribution < 1.29 is 13.2 Å². The van der Waals surface area contributed by atoms with Crippen molar-refractivity contribution in [3.8, 4) is 0 Å². The lowest BCUT2D eigenvalue weighted by atomic mass is 9.98. The summed E-state index contributed by atoms with van der Waals surface area (Å²) in [6, 6.07) is 11.7. The molecule has 1 aliphatic heterocycles. The minimum Gasteiger partial charge on any atom is -0.356 e. The zero-order valence-electron chi connectivity index (χ0n) is 15.6. The molecule has 27 heavy (non-hydrogen) atoms. The average Bonchev–Trinajstić information content (AvgIpc) is 3.21. The molecule has 1 aromatic carbocycles. The molecule has 2 heterocycles. The number of rotatable bonds is 7. The molecule has 1 aliphatic rings. The van der Waals surface area contributed by atoms with Crippen molar-refractivity contribution in [3.05, 3.63) is 52.9 Å². The molecule has 2 aromatic rings. The standard InChI is InChI=1S/C20H26N2O3S2/c1-16-6-2-7-17(14-16)8-3-11-21-20(23)18-9-4-12-22(15-18)27(24,25)19-10-5-13-26-19/h2,5-7,10,13-14,18H,3-4,8-9,11-12,15H2,1H3,(H,21,23)/t18-/m1/s1. The van der Waals surface area contributed by atoms with Crippen LogP contribution in [0.4, 0.5) is 0 Å². The second kappa shape index (κ2) is 8.99. The summed E-state index contributed by atoms with van der Waals surface area (Å²) in [6.45, 7) is 3.44. The number of hydrogen-bond donors (Lipinski definition) is 1. The van der Waals surface area contributed by atoms with Gasteiger partial charge in [-0.15, -0.1) is 11.3 Å². The summed E-state index contributed by atoms with van der Waals surface area (Å²) in [6.07, 6.45) is 3.25. The molecule has 1 amide bonds. The number of thiophene rings is 1. The highest BCUT2D eigenvalue weighted by atomic mass is 32.2. The van der Waals surface area contributed by atoms with Gasteiger partial charge in [0.25, 0.3) is 10.0 Å². The van der Waals surface area contributed by atoms with E-state index in [-0.39, 0.29) is 18.4 Å². The quantitative estimate of drug-likeness (QED) is 0.718. The SMILES string of the molecule is Cc1cccc(CCCNC(=O)[C@@H]2CCCN(S(=O)(=O)c3cccs3)C2)c1. The Morgan fingerprint density at radius 2 is 2.15 bits per heavy atom. The largest absolute Gasteiger partial charge is 0.356 e. The molecular formula is C20H26N2O3S2. The molecule has 1 aromatic heterocycles. The van der Waals surface area contributed by atoms with Crippen molar-refractivity contribution in [2.24, 2.45) is 5.92 Å². The number of benzene rings is 1. The first-order chi connectivity index (χ1) is 13.0. The van der Waals surface area contributed by atoms with E-state index in [1.807, 2.05) is 6.07 Å². The lowest BCUT2D eigenvalue weighted by molar-refractivity contribution is -0.126. The van der Waals surface area contributed by atoms with Crippen molar-refractivity contribution in [1.29, 1.82) is 0 Å². The zero-order valence-corrected chi connectivity index (χ0v) is 17.2. The molecule has 7 heteroatoms. The Bertz CT molecular complexity index is 863. The third-order valence-electron chi connectivity index (χ3n) is 4.87. The maximum atomic E-state index is 12.7. The molecule has 5 nitrogen and oxygen atoms in total. The molecular weight excluding hydrogens is 380 g/mol. The Morgan fingerprint density at radius 1 is 1.30 bits per heavy atom. The lowest BCUT2D eigenvalue weighted by Crippen LogP contribution is -2.45. The minimum absolute atomic E-state index is 0.0367. The number of nitrogens with zero attached hydrogens (tertiary/aromatic N) is 1. The van der Waals surface area contributed by atoms with Gasteiger partial charge in [0.2, 0.25) is 5.91 Å². The molecule has 0 spiro atoms. The number of nitrogens with one attached hydrogen (secondary N) is 1. The third kappa shape index (κ3) is 5.18. The van der Waals surface area contributed by atoms with Crippen LogP contribution >= 0.6 is 11.3 Å². The molecule has 3 rings (SSSR count). The normalized spacial score (nSPS) is 18.3. The van der Waals surface area contributed by atoms with Crippen molar-refractivity contribution in [2.45, 2.75) is 36.8 Å². The van der Waals surface area contributed by atoms with Crippen molar-refractivity contribution >= 4 is 27.3 Å². The summed E-state index contributed by atoms with van der Waals surface area (Å²) in [5.41, 5.74) is 2.51. The predicted octanol–water partition coefficient (Wildman–Crippen LogP) is 3.21. The van der Waals surface area contributed by atoms with Crippen LogP contribution in [0.25, 0.3) is 0 Å². The number of sulfonamides is 1. The predicted molar refractivity (Wildman–Crippen MR) is 108 cm³/mol. The van der Waals surface area contributed by atoms with Crippen molar-refractivity contribution in [3.63, 3.8) is 0 Å². The van der Waals surface area contributed by atoms with Crippen LogP contribution in [0.3, 0.4) is 0 Å². The van der Waals surface area contributed by atoms with Gasteiger partial charge in [-0.3, -0.25) is 4.79 Å². The fourth-order valence-electron chi connectivity index (χ4n) is 3.43. The van der Waals surface area contributed by atoms with Gasteiger partial charge in [0.15, 0.2) is 0 Å². The van der Waals surface area contributed by atoms with E-state index in [9.17, 15) is 13.2 Å². The molecule has 0 bridgehead atoms. The Kier molecular flexibility index (Phi) is 6.68. The Labute approximate surface area is 165 Å². The molecule has 0 unspecified atom stereocenters.